The van der Waals surface area contributed by atoms with Crippen LogP contribution in [0.2, 0.25) is 0 Å². The molecule has 1 N–H and O–H groups in total. The molecule has 0 saturated heterocycles. The second-order valence-electron chi connectivity index (χ2n) is 3.30. The number of hydrogen-bond donors (Lipinski definition) is 1. The summed E-state index contributed by atoms with van der Waals surface area (Å²) >= 11 is 1.65. The van der Waals surface area contributed by atoms with E-state index in [0.29, 0.717) is 17.8 Å². The lowest BCUT2D eigenvalue weighted by Gasteiger charge is -2.07. The van der Waals surface area contributed by atoms with E-state index in [1.54, 1.807) is 18.3 Å². The van der Waals surface area contributed by atoms with Crippen LogP contribution in [-0.2, 0) is 0 Å². The maximum Gasteiger partial charge on any atom is 0.321 e. The van der Waals surface area contributed by atoms with Crippen molar-refractivity contribution < 1.29 is 4.52 Å². The highest BCUT2D eigenvalue weighted by Gasteiger charge is 2.09. The van der Waals surface area contributed by atoms with Crippen LogP contribution in [0.15, 0.2) is 16.1 Å². The number of aromatic nitrogens is 3. The third-order valence-electron chi connectivity index (χ3n) is 1.96. The molecular weight excluding hydrogens is 212 g/mol. The molecule has 1 unspecified atom stereocenters. The van der Waals surface area contributed by atoms with Crippen LogP contribution in [0.5, 0.6) is 0 Å². The van der Waals surface area contributed by atoms with Gasteiger partial charge in [0.1, 0.15) is 0 Å². The standard InChI is InChI=1S/C9H12N4OS/c1-6(8-10-3-4-15-8)5-11-9-12-7(2)13-14-9/h3-4,6H,5H2,1-2H3,(H,11,12,13). The Morgan fingerprint density at radius 2 is 2.47 bits per heavy atom. The lowest BCUT2D eigenvalue weighted by atomic mass is 10.2. The molecule has 80 valence electrons. The summed E-state index contributed by atoms with van der Waals surface area (Å²) in [4.78, 5) is 8.30. The lowest BCUT2D eigenvalue weighted by molar-refractivity contribution is 0.424. The summed E-state index contributed by atoms with van der Waals surface area (Å²) in [5.74, 6) is 0.983. The number of aryl methyl sites for hydroxylation is 1. The summed E-state index contributed by atoms with van der Waals surface area (Å²) in [5, 5.41) is 9.86. The molecule has 2 aromatic rings. The van der Waals surface area contributed by atoms with Gasteiger partial charge in [0, 0.05) is 24.0 Å². The zero-order chi connectivity index (χ0) is 10.7. The van der Waals surface area contributed by atoms with Gasteiger partial charge in [-0.1, -0.05) is 12.1 Å². The van der Waals surface area contributed by atoms with E-state index in [1.807, 2.05) is 11.6 Å². The van der Waals surface area contributed by atoms with Crippen molar-refractivity contribution >= 4 is 17.4 Å². The van der Waals surface area contributed by atoms with Crippen LogP contribution >= 0.6 is 11.3 Å². The summed E-state index contributed by atoms with van der Waals surface area (Å²) < 4.78 is 4.94. The molecule has 0 radical (unpaired) electrons. The molecule has 0 fully saturated rings. The van der Waals surface area contributed by atoms with Crippen molar-refractivity contribution in [1.29, 1.82) is 0 Å². The summed E-state index contributed by atoms with van der Waals surface area (Å²) in [6, 6.07) is 0.468. The summed E-state index contributed by atoms with van der Waals surface area (Å²) in [5.41, 5.74) is 0. The number of rotatable bonds is 4. The number of nitrogens with one attached hydrogen (secondary N) is 1. The number of thiazole rings is 1. The first kappa shape index (κ1) is 10.1. The molecule has 15 heavy (non-hydrogen) atoms. The molecule has 0 aliphatic rings. The summed E-state index contributed by atoms with van der Waals surface area (Å²) in [6.45, 7) is 4.64. The molecule has 0 aliphatic carbocycles. The Morgan fingerprint density at radius 1 is 1.60 bits per heavy atom. The van der Waals surface area contributed by atoms with Crippen LogP contribution < -0.4 is 5.32 Å². The zero-order valence-electron chi connectivity index (χ0n) is 8.60. The normalized spacial score (nSPS) is 12.7. The number of hydrogen-bond acceptors (Lipinski definition) is 6. The molecule has 0 spiro atoms. The van der Waals surface area contributed by atoms with Gasteiger partial charge < -0.3 is 9.84 Å². The van der Waals surface area contributed by atoms with Crippen molar-refractivity contribution in [2.45, 2.75) is 19.8 Å². The maximum atomic E-state index is 4.94. The van der Waals surface area contributed by atoms with Crippen LogP contribution in [0.3, 0.4) is 0 Å². The minimum absolute atomic E-state index is 0.345. The molecule has 1 atom stereocenters. The van der Waals surface area contributed by atoms with Crippen LogP contribution in [0.4, 0.5) is 6.01 Å². The van der Waals surface area contributed by atoms with E-state index in [4.69, 9.17) is 4.52 Å². The van der Waals surface area contributed by atoms with Crippen molar-refractivity contribution in [2.24, 2.45) is 0 Å². The highest BCUT2D eigenvalue weighted by molar-refractivity contribution is 7.09. The molecule has 0 aromatic carbocycles. The van der Waals surface area contributed by atoms with Gasteiger partial charge in [0.25, 0.3) is 0 Å². The smallest absolute Gasteiger partial charge is 0.321 e. The van der Waals surface area contributed by atoms with E-state index in [9.17, 15) is 0 Å². The van der Waals surface area contributed by atoms with E-state index in [-0.39, 0.29) is 0 Å². The van der Waals surface area contributed by atoms with E-state index in [1.165, 1.54) is 0 Å². The van der Waals surface area contributed by atoms with Crippen molar-refractivity contribution in [2.75, 3.05) is 11.9 Å². The average Bonchev–Trinajstić information content (AvgIpc) is 2.84. The van der Waals surface area contributed by atoms with E-state index >= 15 is 0 Å². The lowest BCUT2D eigenvalue weighted by Crippen LogP contribution is -2.09. The van der Waals surface area contributed by atoms with Crippen LogP contribution in [0.1, 0.15) is 23.7 Å². The van der Waals surface area contributed by atoms with Gasteiger partial charge in [-0.15, -0.1) is 11.3 Å². The summed E-state index contributed by atoms with van der Waals surface area (Å²) in [6.07, 6.45) is 1.81. The van der Waals surface area contributed by atoms with E-state index in [2.05, 4.69) is 27.4 Å². The van der Waals surface area contributed by atoms with Crippen LogP contribution in [-0.4, -0.2) is 21.7 Å². The predicted octanol–water partition coefficient (Wildman–Crippen LogP) is 2.05. The van der Waals surface area contributed by atoms with Gasteiger partial charge in [-0.3, -0.25) is 0 Å². The maximum absolute atomic E-state index is 4.94. The second-order valence-corrected chi connectivity index (χ2v) is 4.23. The fraction of sp³-hybridized carbons (Fsp3) is 0.444. The molecule has 2 heterocycles. The number of anilines is 1. The molecule has 2 rings (SSSR count). The van der Waals surface area contributed by atoms with E-state index in [0.717, 1.165) is 11.6 Å². The monoisotopic (exact) mass is 224 g/mol. The molecule has 2 aromatic heterocycles. The summed E-state index contributed by atoms with van der Waals surface area (Å²) in [7, 11) is 0. The third kappa shape index (κ3) is 2.53. The molecule has 5 nitrogen and oxygen atoms in total. The molecule has 0 saturated carbocycles. The molecule has 0 amide bonds. The fourth-order valence-electron chi connectivity index (χ4n) is 1.17. The predicted molar refractivity (Wildman–Crippen MR) is 58.1 cm³/mol. The largest absolute Gasteiger partial charge is 0.337 e. The van der Waals surface area contributed by atoms with Gasteiger partial charge in [-0.05, 0) is 6.92 Å². The first-order valence-corrected chi connectivity index (χ1v) is 5.57. The average molecular weight is 224 g/mol. The molecule has 6 heteroatoms. The zero-order valence-corrected chi connectivity index (χ0v) is 9.41. The van der Waals surface area contributed by atoms with E-state index < -0.39 is 0 Å². The van der Waals surface area contributed by atoms with Crippen LogP contribution in [0, 0.1) is 6.92 Å². The molecule has 0 aliphatic heterocycles. The number of nitrogens with zero attached hydrogens (tertiary/aromatic N) is 3. The minimum atomic E-state index is 0.345. The van der Waals surface area contributed by atoms with Gasteiger partial charge in [0.2, 0.25) is 0 Å². The fourth-order valence-corrected chi connectivity index (χ4v) is 1.87. The van der Waals surface area contributed by atoms with Gasteiger partial charge in [-0.2, -0.15) is 4.98 Å². The Morgan fingerprint density at radius 3 is 3.07 bits per heavy atom. The van der Waals surface area contributed by atoms with Crippen molar-refractivity contribution in [3.05, 3.63) is 22.4 Å². The Labute approximate surface area is 91.5 Å². The van der Waals surface area contributed by atoms with Gasteiger partial charge in [-0.25, -0.2) is 4.98 Å². The first-order chi connectivity index (χ1) is 7.25. The Balaban J connectivity index is 1.88. The van der Waals surface area contributed by atoms with Gasteiger partial charge >= 0.3 is 6.01 Å². The highest BCUT2D eigenvalue weighted by atomic mass is 32.1. The van der Waals surface area contributed by atoms with Gasteiger partial charge in [0.05, 0.1) is 5.01 Å². The third-order valence-corrected chi connectivity index (χ3v) is 2.97. The quantitative estimate of drug-likeness (QED) is 0.861. The van der Waals surface area contributed by atoms with Crippen molar-refractivity contribution in [1.82, 2.24) is 15.1 Å². The molecular formula is C9H12N4OS. The van der Waals surface area contributed by atoms with Gasteiger partial charge in [0.15, 0.2) is 5.82 Å². The first-order valence-electron chi connectivity index (χ1n) is 4.69. The molecule has 0 bridgehead atoms. The Kier molecular flexibility index (Phi) is 2.96. The van der Waals surface area contributed by atoms with Crippen LogP contribution in [0.25, 0.3) is 0 Å². The Bertz CT molecular complexity index is 411. The second kappa shape index (κ2) is 4.39. The van der Waals surface area contributed by atoms with Crippen molar-refractivity contribution in [3.63, 3.8) is 0 Å². The SMILES string of the molecule is Cc1noc(NCC(C)c2nccs2)n1. The topological polar surface area (TPSA) is 63.8 Å². The Hall–Kier alpha value is -1.43. The van der Waals surface area contributed by atoms with Crippen molar-refractivity contribution in [3.8, 4) is 0 Å². The highest BCUT2D eigenvalue weighted by Crippen LogP contribution is 2.17. The minimum Gasteiger partial charge on any atom is -0.337 e.